The first-order valence-corrected chi connectivity index (χ1v) is 9.20. The van der Waals surface area contributed by atoms with Crippen LogP contribution in [0.1, 0.15) is 24.0 Å². The van der Waals surface area contributed by atoms with Crippen LogP contribution in [0.3, 0.4) is 0 Å². The van der Waals surface area contributed by atoms with Crippen molar-refractivity contribution in [3.05, 3.63) is 66.4 Å². The lowest BCUT2D eigenvalue weighted by Gasteiger charge is -2.24. The minimum atomic E-state index is -0.305. The maximum absolute atomic E-state index is 13.2. The van der Waals surface area contributed by atoms with E-state index in [0.717, 1.165) is 28.4 Å². The lowest BCUT2D eigenvalue weighted by atomic mass is 9.96. The molecule has 1 N–H and O–H groups in total. The third kappa shape index (κ3) is 3.19. The zero-order chi connectivity index (χ0) is 19.7. The van der Waals surface area contributed by atoms with E-state index in [1.165, 1.54) is 0 Å². The molecule has 144 valence electrons. The van der Waals surface area contributed by atoms with Crippen molar-refractivity contribution in [3.63, 3.8) is 0 Å². The Balaban J connectivity index is 1.52. The number of rotatable bonds is 5. The molecular formula is C21H23N5O2. The topological polar surface area (TPSA) is 72.3 Å². The molecule has 1 amide bonds. The second-order valence-corrected chi connectivity index (χ2v) is 7.01. The molecule has 3 aromatic rings. The van der Waals surface area contributed by atoms with Gasteiger partial charge in [0.05, 0.1) is 7.11 Å². The Morgan fingerprint density at radius 2 is 2.18 bits per heavy atom. The highest BCUT2D eigenvalue weighted by Gasteiger charge is 2.35. The van der Waals surface area contributed by atoms with Gasteiger partial charge >= 0.3 is 0 Å². The van der Waals surface area contributed by atoms with E-state index in [9.17, 15) is 4.79 Å². The molecule has 2 aromatic heterocycles. The molecular weight excluding hydrogens is 354 g/mol. The number of ether oxygens (including phenoxy) is 1. The molecule has 0 fully saturated rings. The number of imidazole rings is 1. The maximum Gasteiger partial charge on any atom is 0.245 e. The number of amides is 1. The molecule has 0 saturated heterocycles. The van der Waals surface area contributed by atoms with Crippen molar-refractivity contribution in [2.75, 3.05) is 19.5 Å². The van der Waals surface area contributed by atoms with Gasteiger partial charge in [-0.3, -0.25) is 9.36 Å². The SMILES string of the molecule is COc1ccc2c(c1)C(C)C(C(=O)N(C)Cc1cccnc1-n1ccnc1)N2. The minimum Gasteiger partial charge on any atom is -0.497 e. The van der Waals surface area contributed by atoms with Crippen molar-refractivity contribution in [1.82, 2.24) is 19.4 Å². The molecule has 7 nitrogen and oxygen atoms in total. The van der Waals surface area contributed by atoms with Gasteiger partial charge in [0.2, 0.25) is 5.91 Å². The van der Waals surface area contributed by atoms with Crippen molar-refractivity contribution in [2.24, 2.45) is 0 Å². The Morgan fingerprint density at radius 3 is 2.93 bits per heavy atom. The molecule has 0 spiro atoms. The van der Waals surface area contributed by atoms with Gasteiger partial charge in [0.25, 0.3) is 0 Å². The van der Waals surface area contributed by atoms with Crippen molar-refractivity contribution in [2.45, 2.75) is 25.4 Å². The van der Waals surface area contributed by atoms with Gasteiger partial charge in [-0.15, -0.1) is 0 Å². The van der Waals surface area contributed by atoms with E-state index < -0.39 is 0 Å². The predicted molar refractivity (Wildman–Crippen MR) is 107 cm³/mol. The maximum atomic E-state index is 13.2. The van der Waals surface area contributed by atoms with Crippen LogP contribution < -0.4 is 10.1 Å². The largest absolute Gasteiger partial charge is 0.497 e. The van der Waals surface area contributed by atoms with Crippen LogP contribution >= 0.6 is 0 Å². The highest BCUT2D eigenvalue weighted by Crippen LogP contribution is 2.38. The molecule has 1 aromatic carbocycles. The zero-order valence-corrected chi connectivity index (χ0v) is 16.2. The van der Waals surface area contributed by atoms with Gasteiger partial charge in [0, 0.05) is 49.4 Å². The number of carbonyl (C=O) groups is 1. The first-order chi connectivity index (χ1) is 13.6. The number of carbonyl (C=O) groups excluding carboxylic acids is 1. The third-order valence-corrected chi connectivity index (χ3v) is 5.23. The average Bonchev–Trinajstić information content (AvgIpc) is 3.36. The number of pyridine rings is 1. The molecule has 1 aliphatic rings. The van der Waals surface area contributed by atoms with Crippen molar-refractivity contribution in [3.8, 4) is 11.6 Å². The van der Waals surface area contributed by atoms with Crippen LogP contribution in [0.15, 0.2) is 55.2 Å². The quantitative estimate of drug-likeness (QED) is 0.740. The number of nitrogens with one attached hydrogen (secondary N) is 1. The zero-order valence-electron chi connectivity index (χ0n) is 16.2. The lowest BCUT2D eigenvalue weighted by molar-refractivity contribution is -0.131. The number of anilines is 1. The summed E-state index contributed by atoms with van der Waals surface area (Å²) in [6, 6.07) is 9.43. The van der Waals surface area contributed by atoms with E-state index in [0.29, 0.717) is 6.54 Å². The number of benzene rings is 1. The fourth-order valence-corrected chi connectivity index (χ4v) is 3.67. The molecule has 2 unspecified atom stereocenters. The summed E-state index contributed by atoms with van der Waals surface area (Å²) in [5.41, 5.74) is 3.05. The van der Waals surface area contributed by atoms with E-state index in [-0.39, 0.29) is 17.9 Å². The monoisotopic (exact) mass is 377 g/mol. The van der Waals surface area contributed by atoms with Crippen LogP contribution in [-0.2, 0) is 11.3 Å². The number of hydrogen-bond acceptors (Lipinski definition) is 5. The Morgan fingerprint density at radius 1 is 1.32 bits per heavy atom. The standard InChI is InChI=1S/C21H23N5O2/c1-14-17-11-16(28-3)6-7-18(17)24-19(14)21(27)25(2)12-15-5-4-8-23-20(15)26-10-9-22-13-26/h4-11,13-14,19,24H,12H2,1-3H3. The van der Waals surface area contributed by atoms with Gasteiger partial charge in [-0.1, -0.05) is 13.0 Å². The van der Waals surface area contributed by atoms with E-state index in [2.05, 4.69) is 22.2 Å². The summed E-state index contributed by atoms with van der Waals surface area (Å²) < 4.78 is 7.17. The number of nitrogens with zero attached hydrogens (tertiary/aromatic N) is 4. The van der Waals surface area contributed by atoms with Crippen LogP contribution in [0.25, 0.3) is 5.82 Å². The summed E-state index contributed by atoms with van der Waals surface area (Å²) in [5, 5.41) is 3.37. The van der Waals surface area contributed by atoms with Gasteiger partial charge < -0.3 is 15.0 Å². The summed E-state index contributed by atoms with van der Waals surface area (Å²) in [7, 11) is 3.47. The van der Waals surface area contributed by atoms with Gasteiger partial charge in [-0.25, -0.2) is 9.97 Å². The van der Waals surface area contributed by atoms with Crippen LogP contribution in [0, 0.1) is 0 Å². The van der Waals surface area contributed by atoms with E-state index in [1.54, 1.807) is 30.7 Å². The molecule has 0 aliphatic carbocycles. The smallest absolute Gasteiger partial charge is 0.245 e. The first-order valence-electron chi connectivity index (χ1n) is 9.20. The normalized spacial score (nSPS) is 17.7. The van der Waals surface area contributed by atoms with Crippen LogP contribution in [-0.4, -0.2) is 45.5 Å². The number of aromatic nitrogens is 3. The van der Waals surface area contributed by atoms with Gasteiger partial charge in [0.1, 0.15) is 23.9 Å². The fraction of sp³-hybridized carbons (Fsp3) is 0.286. The van der Waals surface area contributed by atoms with Crippen molar-refractivity contribution in [1.29, 1.82) is 0 Å². The van der Waals surface area contributed by atoms with Crippen molar-refractivity contribution >= 4 is 11.6 Å². The van der Waals surface area contributed by atoms with E-state index in [1.807, 2.05) is 48.1 Å². The molecule has 3 heterocycles. The van der Waals surface area contributed by atoms with Gasteiger partial charge in [-0.05, 0) is 29.8 Å². The summed E-state index contributed by atoms with van der Waals surface area (Å²) in [6.45, 7) is 2.53. The van der Waals surface area contributed by atoms with Crippen LogP contribution in [0.5, 0.6) is 5.75 Å². The highest BCUT2D eigenvalue weighted by molar-refractivity contribution is 5.88. The molecule has 2 atom stereocenters. The minimum absolute atomic E-state index is 0.0445. The second kappa shape index (κ2) is 7.34. The van der Waals surface area contributed by atoms with Gasteiger partial charge in [0.15, 0.2) is 0 Å². The molecule has 0 bridgehead atoms. The lowest BCUT2D eigenvalue weighted by Crippen LogP contribution is -2.40. The molecule has 4 rings (SSSR count). The fourth-order valence-electron chi connectivity index (χ4n) is 3.67. The Kier molecular flexibility index (Phi) is 4.73. The van der Waals surface area contributed by atoms with Crippen molar-refractivity contribution < 1.29 is 9.53 Å². The number of hydrogen-bond donors (Lipinski definition) is 1. The van der Waals surface area contributed by atoms with E-state index >= 15 is 0 Å². The summed E-state index contributed by atoms with van der Waals surface area (Å²) >= 11 is 0. The summed E-state index contributed by atoms with van der Waals surface area (Å²) in [4.78, 5) is 23.5. The molecule has 28 heavy (non-hydrogen) atoms. The number of methoxy groups -OCH3 is 1. The molecule has 7 heteroatoms. The molecule has 0 radical (unpaired) electrons. The first kappa shape index (κ1) is 18.0. The molecule has 1 aliphatic heterocycles. The van der Waals surface area contributed by atoms with E-state index in [4.69, 9.17) is 4.74 Å². The summed E-state index contributed by atoms with van der Waals surface area (Å²) in [6.07, 6.45) is 7.00. The van der Waals surface area contributed by atoms with Gasteiger partial charge in [-0.2, -0.15) is 0 Å². The number of fused-ring (bicyclic) bond motifs is 1. The Hall–Kier alpha value is -3.35. The Labute approximate surface area is 164 Å². The Bertz CT molecular complexity index is 986. The van der Waals surface area contributed by atoms with Crippen LogP contribution in [0.2, 0.25) is 0 Å². The second-order valence-electron chi connectivity index (χ2n) is 7.01. The predicted octanol–water partition coefficient (Wildman–Crippen LogP) is 2.83. The van der Waals surface area contributed by atoms with Crippen LogP contribution in [0.4, 0.5) is 5.69 Å². The average molecular weight is 377 g/mol. The summed E-state index contributed by atoms with van der Waals surface area (Å²) in [5.74, 6) is 1.68. The number of likely N-dealkylation sites (N-methyl/N-ethyl adjacent to an activating group) is 1. The molecule has 0 saturated carbocycles. The highest BCUT2D eigenvalue weighted by atomic mass is 16.5. The third-order valence-electron chi connectivity index (χ3n) is 5.23.